The molecular weight excluding hydrogens is 438 g/mol. The molecule has 0 radical (unpaired) electrons. The van der Waals surface area contributed by atoms with Gasteiger partial charge in [0, 0.05) is 20.1 Å². The first-order valence-corrected chi connectivity index (χ1v) is 7.20. The Bertz CT molecular complexity index is 525. The molecule has 1 aromatic carbocycles. The number of methoxy groups -OCH3 is 1. The van der Waals surface area contributed by atoms with E-state index in [0.29, 0.717) is 30.6 Å². The van der Waals surface area contributed by atoms with Crippen LogP contribution in [0.15, 0.2) is 23.2 Å². The minimum absolute atomic E-state index is 0. The minimum Gasteiger partial charge on any atom is -0.493 e. The third kappa shape index (κ3) is 8.46. The molecule has 1 aromatic rings. The van der Waals surface area contributed by atoms with E-state index in [1.54, 1.807) is 13.2 Å². The zero-order chi connectivity index (χ0) is 17.3. The van der Waals surface area contributed by atoms with Crippen molar-refractivity contribution < 1.29 is 22.6 Å². The van der Waals surface area contributed by atoms with Crippen LogP contribution in [0.25, 0.3) is 0 Å². The van der Waals surface area contributed by atoms with Crippen molar-refractivity contribution in [2.24, 2.45) is 4.99 Å². The monoisotopic (exact) mass is 461 g/mol. The average Bonchev–Trinajstić information content (AvgIpc) is 2.50. The molecule has 0 spiro atoms. The second kappa shape index (κ2) is 11.2. The van der Waals surface area contributed by atoms with Crippen molar-refractivity contribution in [2.45, 2.75) is 26.1 Å². The van der Waals surface area contributed by atoms with Crippen LogP contribution in [0.1, 0.15) is 18.9 Å². The number of aliphatic imine (C=N–C) groups is 1. The summed E-state index contributed by atoms with van der Waals surface area (Å²) < 4.78 is 47.0. The fourth-order valence-corrected chi connectivity index (χ4v) is 1.83. The number of benzene rings is 1. The summed E-state index contributed by atoms with van der Waals surface area (Å²) in [5.74, 6) is 1.56. The number of rotatable bonds is 7. The third-order valence-electron chi connectivity index (χ3n) is 2.91. The summed E-state index contributed by atoms with van der Waals surface area (Å²) in [5, 5.41) is 5.58. The Morgan fingerprint density at radius 2 is 1.92 bits per heavy atom. The van der Waals surface area contributed by atoms with E-state index < -0.39 is 12.6 Å². The van der Waals surface area contributed by atoms with Gasteiger partial charge in [-0.25, -0.2) is 0 Å². The molecule has 0 aliphatic heterocycles. The molecule has 5 nitrogen and oxygen atoms in total. The van der Waals surface area contributed by atoms with E-state index >= 15 is 0 Å². The molecular formula is C15H23F3IN3O2. The Labute approximate surface area is 157 Å². The van der Waals surface area contributed by atoms with E-state index in [-0.39, 0.29) is 30.5 Å². The standard InChI is InChI=1S/C15H22F3N3O2.HI/c1-4-23-13-9-11(5-6-12(13)22-3)10-21-14(19-2)20-8-7-15(16,17)18;/h5-6,9H,4,7-8,10H2,1-3H3,(H2,19,20,21);1H. The molecule has 2 N–H and O–H groups in total. The van der Waals surface area contributed by atoms with Gasteiger partial charge in [-0.15, -0.1) is 24.0 Å². The molecule has 0 aromatic heterocycles. The SMILES string of the molecule is CCOc1cc(CNC(=NC)NCCC(F)(F)F)ccc1OC.I. The van der Waals surface area contributed by atoms with Crippen LogP contribution in [0.2, 0.25) is 0 Å². The number of guanidine groups is 1. The largest absolute Gasteiger partial charge is 0.493 e. The van der Waals surface area contributed by atoms with E-state index in [1.807, 2.05) is 19.1 Å². The van der Waals surface area contributed by atoms with Crippen molar-refractivity contribution >= 4 is 29.9 Å². The number of hydrogen-bond acceptors (Lipinski definition) is 3. The van der Waals surface area contributed by atoms with Crippen LogP contribution < -0.4 is 20.1 Å². The first-order chi connectivity index (χ1) is 10.9. The van der Waals surface area contributed by atoms with Crippen LogP contribution in [0.4, 0.5) is 13.2 Å². The summed E-state index contributed by atoms with van der Waals surface area (Å²) in [7, 11) is 3.06. The molecule has 0 fully saturated rings. The van der Waals surface area contributed by atoms with Gasteiger partial charge in [-0.2, -0.15) is 13.2 Å². The fraction of sp³-hybridized carbons (Fsp3) is 0.533. The lowest BCUT2D eigenvalue weighted by Gasteiger charge is -2.14. The van der Waals surface area contributed by atoms with Crippen molar-refractivity contribution in [1.82, 2.24) is 10.6 Å². The maximum Gasteiger partial charge on any atom is 0.390 e. The van der Waals surface area contributed by atoms with Crippen molar-refractivity contribution in [3.63, 3.8) is 0 Å². The molecule has 0 unspecified atom stereocenters. The van der Waals surface area contributed by atoms with Crippen LogP contribution in [0.3, 0.4) is 0 Å². The van der Waals surface area contributed by atoms with Gasteiger partial charge in [-0.05, 0) is 24.6 Å². The first kappa shape index (κ1) is 22.6. The fourth-order valence-electron chi connectivity index (χ4n) is 1.83. The minimum atomic E-state index is -4.19. The lowest BCUT2D eigenvalue weighted by Crippen LogP contribution is -2.38. The molecule has 0 aliphatic carbocycles. The molecule has 9 heteroatoms. The molecule has 24 heavy (non-hydrogen) atoms. The number of nitrogens with zero attached hydrogens (tertiary/aromatic N) is 1. The van der Waals surface area contributed by atoms with Gasteiger partial charge in [0.25, 0.3) is 0 Å². The average molecular weight is 461 g/mol. The predicted octanol–water partition coefficient (Wildman–Crippen LogP) is 3.33. The molecule has 0 bridgehead atoms. The van der Waals surface area contributed by atoms with E-state index in [1.165, 1.54) is 7.05 Å². The highest BCUT2D eigenvalue weighted by Crippen LogP contribution is 2.27. The van der Waals surface area contributed by atoms with Gasteiger partial charge >= 0.3 is 6.18 Å². The van der Waals surface area contributed by atoms with Crippen molar-refractivity contribution in [2.75, 3.05) is 27.3 Å². The number of alkyl halides is 3. The topological polar surface area (TPSA) is 54.9 Å². The predicted molar refractivity (Wildman–Crippen MR) is 98.5 cm³/mol. The van der Waals surface area contributed by atoms with Crippen molar-refractivity contribution in [1.29, 1.82) is 0 Å². The van der Waals surface area contributed by atoms with E-state index in [9.17, 15) is 13.2 Å². The first-order valence-electron chi connectivity index (χ1n) is 7.20. The quantitative estimate of drug-likeness (QED) is 0.372. The smallest absolute Gasteiger partial charge is 0.390 e. The molecule has 138 valence electrons. The Kier molecular flexibility index (Phi) is 10.6. The highest BCUT2D eigenvalue weighted by atomic mass is 127. The molecule has 0 heterocycles. The van der Waals surface area contributed by atoms with Crippen LogP contribution >= 0.6 is 24.0 Å². The summed E-state index contributed by atoms with van der Waals surface area (Å²) in [5.41, 5.74) is 0.896. The Morgan fingerprint density at radius 1 is 1.21 bits per heavy atom. The van der Waals surface area contributed by atoms with Gasteiger partial charge < -0.3 is 20.1 Å². The Hall–Kier alpha value is -1.39. The molecule has 1 rings (SSSR count). The second-order valence-electron chi connectivity index (χ2n) is 4.64. The van der Waals surface area contributed by atoms with E-state index in [2.05, 4.69) is 15.6 Å². The second-order valence-corrected chi connectivity index (χ2v) is 4.64. The van der Waals surface area contributed by atoms with Crippen molar-refractivity contribution in [3.8, 4) is 11.5 Å². The lowest BCUT2D eigenvalue weighted by molar-refractivity contribution is -0.132. The maximum absolute atomic E-state index is 12.1. The van der Waals surface area contributed by atoms with Crippen LogP contribution in [0, 0.1) is 0 Å². The van der Waals surface area contributed by atoms with Gasteiger partial charge in [0.2, 0.25) is 0 Å². The molecule has 0 atom stereocenters. The Balaban J connectivity index is 0.00000529. The lowest BCUT2D eigenvalue weighted by atomic mass is 10.2. The molecule has 0 aliphatic rings. The summed E-state index contributed by atoms with van der Waals surface area (Å²) in [6.07, 6.45) is -5.10. The van der Waals surface area contributed by atoms with Gasteiger partial charge in [-0.1, -0.05) is 6.07 Å². The molecule has 0 amide bonds. The number of halogens is 4. The van der Waals surface area contributed by atoms with Gasteiger partial charge in [0.05, 0.1) is 20.1 Å². The molecule has 0 saturated carbocycles. The van der Waals surface area contributed by atoms with Crippen molar-refractivity contribution in [3.05, 3.63) is 23.8 Å². The highest BCUT2D eigenvalue weighted by molar-refractivity contribution is 14.0. The summed E-state index contributed by atoms with van der Waals surface area (Å²) >= 11 is 0. The highest BCUT2D eigenvalue weighted by Gasteiger charge is 2.26. The number of nitrogens with one attached hydrogen (secondary N) is 2. The van der Waals surface area contributed by atoms with E-state index in [0.717, 1.165) is 5.56 Å². The van der Waals surface area contributed by atoms with Crippen LogP contribution in [-0.4, -0.2) is 39.4 Å². The van der Waals surface area contributed by atoms with Gasteiger partial charge in [0.15, 0.2) is 17.5 Å². The number of ether oxygens (including phenoxy) is 2. The molecule has 0 saturated heterocycles. The van der Waals surface area contributed by atoms with Crippen LogP contribution in [0.5, 0.6) is 11.5 Å². The maximum atomic E-state index is 12.1. The zero-order valence-corrected chi connectivity index (χ0v) is 16.2. The van der Waals surface area contributed by atoms with E-state index in [4.69, 9.17) is 9.47 Å². The normalized spacial score (nSPS) is 11.5. The number of hydrogen-bond donors (Lipinski definition) is 2. The van der Waals surface area contributed by atoms with Gasteiger partial charge in [0.1, 0.15) is 0 Å². The van der Waals surface area contributed by atoms with Gasteiger partial charge in [-0.3, -0.25) is 4.99 Å². The zero-order valence-electron chi connectivity index (χ0n) is 13.9. The van der Waals surface area contributed by atoms with Crippen LogP contribution in [-0.2, 0) is 6.54 Å². The third-order valence-corrected chi connectivity index (χ3v) is 2.91. The summed E-state index contributed by atoms with van der Waals surface area (Å²) in [6.45, 7) is 2.55. The summed E-state index contributed by atoms with van der Waals surface area (Å²) in [4.78, 5) is 3.89. The summed E-state index contributed by atoms with van der Waals surface area (Å²) in [6, 6.07) is 5.44. The Morgan fingerprint density at radius 3 is 2.46 bits per heavy atom.